The number of hydrogen-bond donors (Lipinski definition) is 0. The van der Waals surface area contributed by atoms with Crippen molar-refractivity contribution in [3.63, 3.8) is 0 Å². The Kier molecular flexibility index (Phi) is 2.79. The largest absolute Gasteiger partial charge is 0.236 e. The van der Waals surface area contributed by atoms with Crippen molar-refractivity contribution in [2.45, 2.75) is 39.0 Å². The highest BCUT2D eigenvalue weighted by atomic mass is 35.5. The molecule has 0 unspecified atom stereocenters. The van der Waals surface area contributed by atoms with Crippen LogP contribution in [0.3, 0.4) is 0 Å². The molecule has 1 nitrogen and oxygen atoms in total. The van der Waals surface area contributed by atoms with E-state index in [-0.39, 0.29) is 0 Å². The predicted molar refractivity (Wildman–Crippen MR) is 72.8 cm³/mol. The number of aromatic nitrogens is 1. The molecule has 1 heterocycles. The van der Waals surface area contributed by atoms with Crippen LogP contribution in [-0.2, 0) is 19.3 Å². The summed E-state index contributed by atoms with van der Waals surface area (Å²) < 4.78 is 0. The molecule has 0 N–H and O–H groups in total. The average molecular weight is 246 g/mol. The molecular weight excluding hydrogens is 230 g/mol. The summed E-state index contributed by atoms with van der Waals surface area (Å²) in [6, 6.07) is 6.66. The van der Waals surface area contributed by atoms with Crippen LogP contribution in [0.4, 0.5) is 0 Å². The quantitative estimate of drug-likeness (QED) is 0.682. The Morgan fingerprint density at radius 2 is 2.06 bits per heavy atom. The van der Waals surface area contributed by atoms with Gasteiger partial charge in [0.15, 0.2) is 0 Å². The van der Waals surface area contributed by atoms with Gasteiger partial charge in [-0.05, 0) is 54.9 Å². The van der Waals surface area contributed by atoms with Crippen LogP contribution in [-0.4, -0.2) is 4.98 Å². The van der Waals surface area contributed by atoms with Gasteiger partial charge in [0, 0.05) is 5.39 Å². The summed E-state index contributed by atoms with van der Waals surface area (Å²) >= 11 is 6.23. The van der Waals surface area contributed by atoms with Crippen molar-refractivity contribution < 1.29 is 0 Å². The molecule has 0 aliphatic heterocycles. The molecule has 0 atom stereocenters. The topological polar surface area (TPSA) is 12.9 Å². The molecule has 1 aromatic heterocycles. The molecule has 0 amide bonds. The first-order valence-electron chi connectivity index (χ1n) is 6.39. The lowest BCUT2D eigenvalue weighted by molar-refractivity contribution is 0.689. The van der Waals surface area contributed by atoms with Crippen LogP contribution >= 0.6 is 11.6 Å². The maximum atomic E-state index is 6.23. The second kappa shape index (κ2) is 4.30. The van der Waals surface area contributed by atoms with Gasteiger partial charge in [0.1, 0.15) is 5.15 Å². The van der Waals surface area contributed by atoms with E-state index in [1.54, 1.807) is 0 Å². The smallest absolute Gasteiger partial charge is 0.132 e. The fraction of sp³-hybridized carbons (Fsp3) is 0.400. The summed E-state index contributed by atoms with van der Waals surface area (Å²) in [5.41, 5.74) is 5.18. The van der Waals surface area contributed by atoms with E-state index < -0.39 is 0 Å². The molecule has 0 bridgehead atoms. The zero-order chi connectivity index (χ0) is 11.8. The van der Waals surface area contributed by atoms with Crippen LogP contribution in [0.2, 0.25) is 5.15 Å². The van der Waals surface area contributed by atoms with Gasteiger partial charge in [-0.2, -0.15) is 0 Å². The van der Waals surface area contributed by atoms with Crippen molar-refractivity contribution in [1.29, 1.82) is 0 Å². The number of benzene rings is 1. The summed E-state index contributed by atoms with van der Waals surface area (Å²) in [4.78, 5) is 4.63. The van der Waals surface area contributed by atoms with E-state index in [0.29, 0.717) is 5.15 Å². The molecule has 1 aliphatic rings. The lowest BCUT2D eigenvalue weighted by Gasteiger charge is -2.17. The fourth-order valence-corrected chi connectivity index (χ4v) is 3.01. The first-order valence-corrected chi connectivity index (χ1v) is 6.77. The van der Waals surface area contributed by atoms with Gasteiger partial charge in [0.2, 0.25) is 0 Å². The Balaban J connectivity index is 2.28. The van der Waals surface area contributed by atoms with E-state index in [9.17, 15) is 0 Å². The molecule has 1 aromatic carbocycles. The Morgan fingerprint density at radius 1 is 1.24 bits per heavy atom. The van der Waals surface area contributed by atoms with Crippen LogP contribution in [0, 0.1) is 0 Å². The Morgan fingerprint density at radius 3 is 2.88 bits per heavy atom. The highest BCUT2D eigenvalue weighted by Crippen LogP contribution is 2.30. The van der Waals surface area contributed by atoms with E-state index in [4.69, 9.17) is 11.6 Å². The van der Waals surface area contributed by atoms with E-state index in [1.165, 1.54) is 35.8 Å². The molecule has 0 saturated carbocycles. The molecular formula is C15H16ClN. The van der Waals surface area contributed by atoms with Crippen LogP contribution in [0.5, 0.6) is 0 Å². The van der Waals surface area contributed by atoms with Crippen molar-refractivity contribution in [3.05, 3.63) is 40.0 Å². The minimum atomic E-state index is 0.680. The van der Waals surface area contributed by atoms with Crippen molar-refractivity contribution in [2.75, 3.05) is 0 Å². The highest BCUT2D eigenvalue weighted by molar-refractivity contribution is 6.30. The Bertz CT molecular complexity index is 575. The lowest BCUT2D eigenvalue weighted by atomic mass is 9.89. The van der Waals surface area contributed by atoms with E-state index in [2.05, 4.69) is 30.1 Å². The highest BCUT2D eigenvalue weighted by Gasteiger charge is 2.14. The van der Waals surface area contributed by atoms with Crippen molar-refractivity contribution in [1.82, 2.24) is 4.98 Å². The maximum absolute atomic E-state index is 6.23. The van der Waals surface area contributed by atoms with Gasteiger partial charge >= 0.3 is 0 Å². The van der Waals surface area contributed by atoms with Crippen molar-refractivity contribution >= 4 is 22.5 Å². The minimum absolute atomic E-state index is 0.680. The lowest BCUT2D eigenvalue weighted by Crippen LogP contribution is -2.04. The Hall–Kier alpha value is -1.08. The zero-order valence-electron chi connectivity index (χ0n) is 10.1. The molecule has 17 heavy (non-hydrogen) atoms. The molecule has 0 saturated heterocycles. The zero-order valence-corrected chi connectivity index (χ0v) is 10.8. The number of halogens is 1. The summed E-state index contributed by atoms with van der Waals surface area (Å²) in [5.74, 6) is 0. The van der Waals surface area contributed by atoms with E-state index >= 15 is 0 Å². The molecule has 88 valence electrons. The fourth-order valence-electron chi connectivity index (χ4n) is 2.74. The molecule has 2 aromatic rings. The van der Waals surface area contributed by atoms with E-state index in [0.717, 1.165) is 23.9 Å². The second-order valence-corrected chi connectivity index (χ2v) is 5.13. The summed E-state index contributed by atoms with van der Waals surface area (Å²) in [5, 5.41) is 1.92. The molecule has 0 fully saturated rings. The number of aryl methyl sites for hydroxylation is 3. The molecule has 2 heteroatoms. The van der Waals surface area contributed by atoms with Gasteiger partial charge in [-0.3, -0.25) is 0 Å². The minimum Gasteiger partial charge on any atom is -0.236 e. The SMILES string of the molecule is CCc1cc2ccc3c(c2nc1Cl)CCCC3. The Labute approximate surface area is 107 Å². The number of pyridine rings is 1. The van der Waals surface area contributed by atoms with Gasteiger partial charge in [-0.25, -0.2) is 4.98 Å². The third-order valence-electron chi connectivity index (χ3n) is 3.72. The number of hydrogen-bond acceptors (Lipinski definition) is 1. The number of fused-ring (bicyclic) bond motifs is 3. The van der Waals surface area contributed by atoms with Crippen LogP contribution < -0.4 is 0 Å². The standard InChI is InChI=1S/C15H16ClN/c1-2-10-9-12-8-7-11-5-3-4-6-13(11)14(12)17-15(10)16/h7-9H,2-6H2,1H3. The van der Waals surface area contributed by atoms with Crippen molar-refractivity contribution in [2.24, 2.45) is 0 Å². The van der Waals surface area contributed by atoms with Crippen LogP contribution in [0.1, 0.15) is 36.5 Å². The summed E-state index contributed by atoms with van der Waals surface area (Å²) in [6.45, 7) is 2.12. The predicted octanol–water partition coefficient (Wildman–Crippen LogP) is 4.33. The van der Waals surface area contributed by atoms with Crippen molar-refractivity contribution in [3.8, 4) is 0 Å². The third-order valence-corrected chi connectivity index (χ3v) is 4.05. The monoisotopic (exact) mass is 245 g/mol. The van der Waals surface area contributed by atoms with Crippen LogP contribution in [0.25, 0.3) is 10.9 Å². The first kappa shape index (κ1) is 11.0. The first-order chi connectivity index (χ1) is 8.29. The molecule has 0 spiro atoms. The van der Waals surface area contributed by atoms with E-state index in [1.807, 2.05) is 0 Å². The average Bonchev–Trinajstić information content (AvgIpc) is 2.38. The molecule has 0 radical (unpaired) electrons. The van der Waals surface area contributed by atoms with Gasteiger partial charge in [-0.15, -0.1) is 0 Å². The van der Waals surface area contributed by atoms with Gasteiger partial charge < -0.3 is 0 Å². The van der Waals surface area contributed by atoms with Gasteiger partial charge in [0.25, 0.3) is 0 Å². The third kappa shape index (κ3) is 1.83. The summed E-state index contributed by atoms with van der Waals surface area (Å²) in [6.07, 6.45) is 5.88. The number of nitrogens with zero attached hydrogens (tertiary/aromatic N) is 1. The normalized spacial score (nSPS) is 14.9. The summed E-state index contributed by atoms with van der Waals surface area (Å²) in [7, 11) is 0. The molecule has 3 rings (SSSR count). The van der Waals surface area contributed by atoms with Gasteiger partial charge in [0.05, 0.1) is 5.52 Å². The van der Waals surface area contributed by atoms with Gasteiger partial charge in [-0.1, -0.05) is 30.7 Å². The molecule has 1 aliphatic carbocycles. The maximum Gasteiger partial charge on any atom is 0.132 e. The number of rotatable bonds is 1. The van der Waals surface area contributed by atoms with Crippen LogP contribution in [0.15, 0.2) is 18.2 Å². The second-order valence-electron chi connectivity index (χ2n) is 4.77.